The summed E-state index contributed by atoms with van der Waals surface area (Å²) in [6.07, 6.45) is 3.71. The van der Waals surface area contributed by atoms with Crippen molar-refractivity contribution in [2.45, 2.75) is 39.3 Å². The molecule has 0 saturated heterocycles. The average molecular weight is 266 g/mol. The van der Waals surface area contributed by atoms with E-state index in [4.69, 9.17) is 5.73 Å². The third kappa shape index (κ3) is 2.64. The summed E-state index contributed by atoms with van der Waals surface area (Å²) in [6.45, 7) is 4.19. The Labute approximate surface area is 121 Å². The van der Waals surface area contributed by atoms with Gasteiger partial charge in [0.05, 0.1) is 0 Å². The van der Waals surface area contributed by atoms with E-state index in [1.807, 2.05) is 6.07 Å². The van der Waals surface area contributed by atoms with Gasteiger partial charge >= 0.3 is 0 Å². The number of anilines is 2. The summed E-state index contributed by atoms with van der Waals surface area (Å²) in [4.78, 5) is 2.41. The summed E-state index contributed by atoms with van der Waals surface area (Å²) in [6, 6.07) is 15.3. The van der Waals surface area contributed by atoms with Crippen molar-refractivity contribution >= 4 is 11.4 Å². The number of rotatable bonds is 4. The van der Waals surface area contributed by atoms with Crippen LogP contribution < -0.4 is 10.6 Å². The number of unbranched alkanes of at least 4 members (excludes halogenated alkanes) is 1. The van der Waals surface area contributed by atoms with E-state index in [2.05, 4.69) is 48.2 Å². The first-order valence-electron chi connectivity index (χ1n) is 7.47. The Balaban J connectivity index is 1.72. The molecule has 2 nitrogen and oxygen atoms in total. The number of benzene rings is 2. The molecule has 0 aliphatic carbocycles. The van der Waals surface area contributed by atoms with Crippen molar-refractivity contribution < 1.29 is 0 Å². The van der Waals surface area contributed by atoms with Crippen molar-refractivity contribution in [3.05, 3.63) is 59.2 Å². The van der Waals surface area contributed by atoms with Gasteiger partial charge in [-0.1, -0.05) is 31.5 Å². The molecule has 0 saturated carbocycles. The van der Waals surface area contributed by atoms with Gasteiger partial charge in [0.25, 0.3) is 0 Å². The molecule has 1 aliphatic heterocycles. The van der Waals surface area contributed by atoms with Gasteiger partial charge < -0.3 is 10.6 Å². The van der Waals surface area contributed by atoms with E-state index >= 15 is 0 Å². The van der Waals surface area contributed by atoms with E-state index in [0.717, 1.165) is 18.8 Å². The molecule has 2 N–H and O–H groups in total. The molecule has 0 fully saturated rings. The summed E-state index contributed by atoms with van der Waals surface area (Å²) in [5.41, 5.74) is 12.2. The van der Waals surface area contributed by atoms with Crippen molar-refractivity contribution in [1.82, 2.24) is 0 Å². The Morgan fingerprint density at radius 3 is 2.50 bits per heavy atom. The van der Waals surface area contributed by atoms with E-state index in [1.54, 1.807) is 0 Å². The highest BCUT2D eigenvalue weighted by Crippen LogP contribution is 2.29. The SMILES string of the molecule is CCCCc1ccc(N2Cc3ccc(N)cc3C2)cc1. The normalized spacial score (nSPS) is 13.6. The lowest BCUT2D eigenvalue weighted by atomic mass is 10.1. The van der Waals surface area contributed by atoms with Crippen LogP contribution in [0.25, 0.3) is 0 Å². The smallest absolute Gasteiger partial charge is 0.0437 e. The van der Waals surface area contributed by atoms with E-state index in [9.17, 15) is 0 Å². The number of hydrogen-bond acceptors (Lipinski definition) is 2. The van der Waals surface area contributed by atoms with Crippen molar-refractivity contribution in [3.63, 3.8) is 0 Å². The maximum atomic E-state index is 5.86. The molecular weight excluding hydrogens is 244 g/mol. The number of nitrogen functional groups attached to an aromatic ring is 1. The largest absolute Gasteiger partial charge is 0.399 e. The fraction of sp³-hybridized carbons (Fsp3) is 0.333. The van der Waals surface area contributed by atoms with Gasteiger partial charge in [-0.05, 0) is 53.8 Å². The first kappa shape index (κ1) is 13.0. The Hall–Kier alpha value is -1.96. The summed E-state index contributed by atoms with van der Waals surface area (Å²) in [5, 5.41) is 0. The second-order valence-corrected chi connectivity index (χ2v) is 5.65. The molecular formula is C18H22N2. The molecule has 2 aromatic carbocycles. The third-order valence-electron chi connectivity index (χ3n) is 4.07. The minimum Gasteiger partial charge on any atom is -0.399 e. The van der Waals surface area contributed by atoms with Gasteiger partial charge in [-0.3, -0.25) is 0 Å². The average Bonchev–Trinajstić information content (AvgIpc) is 2.88. The quantitative estimate of drug-likeness (QED) is 0.843. The van der Waals surface area contributed by atoms with E-state index in [0.29, 0.717) is 0 Å². The van der Waals surface area contributed by atoms with Crippen molar-refractivity contribution in [2.75, 3.05) is 10.6 Å². The fourth-order valence-corrected chi connectivity index (χ4v) is 2.85. The van der Waals surface area contributed by atoms with Crippen molar-refractivity contribution in [1.29, 1.82) is 0 Å². The van der Waals surface area contributed by atoms with Gasteiger partial charge in [0.2, 0.25) is 0 Å². The van der Waals surface area contributed by atoms with Crippen LogP contribution in [-0.2, 0) is 19.5 Å². The lowest BCUT2D eigenvalue weighted by molar-refractivity contribution is 0.794. The second-order valence-electron chi connectivity index (χ2n) is 5.65. The van der Waals surface area contributed by atoms with Crippen molar-refractivity contribution in [3.8, 4) is 0 Å². The molecule has 2 aromatic rings. The number of nitrogens with zero attached hydrogens (tertiary/aromatic N) is 1. The standard InChI is InChI=1S/C18H22N2/c1-2-3-4-14-5-9-18(10-6-14)20-12-15-7-8-17(19)11-16(15)13-20/h5-11H,2-4,12-13,19H2,1H3. The first-order valence-corrected chi connectivity index (χ1v) is 7.47. The summed E-state index contributed by atoms with van der Waals surface area (Å²) in [5.74, 6) is 0. The molecule has 1 heterocycles. The predicted octanol–water partition coefficient (Wildman–Crippen LogP) is 4.13. The molecule has 2 heteroatoms. The number of fused-ring (bicyclic) bond motifs is 1. The van der Waals surface area contributed by atoms with Crippen LogP contribution in [0.4, 0.5) is 11.4 Å². The minimum absolute atomic E-state index is 0.862. The van der Waals surface area contributed by atoms with Gasteiger partial charge in [0.1, 0.15) is 0 Å². The van der Waals surface area contributed by atoms with E-state index < -0.39 is 0 Å². The minimum atomic E-state index is 0.862. The molecule has 0 spiro atoms. The zero-order valence-electron chi connectivity index (χ0n) is 12.1. The van der Waals surface area contributed by atoms with Crippen LogP contribution in [0.3, 0.4) is 0 Å². The molecule has 0 atom stereocenters. The molecule has 20 heavy (non-hydrogen) atoms. The third-order valence-corrected chi connectivity index (χ3v) is 4.07. The van der Waals surface area contributed by atoms with Gasteiger partial charge in [-0.15, -0.1) is 0 Å². The maximum Gasteiger partial charge on any atom is 0.0437 e. The molecule has 0 unspecified atom stereocenters. The number of nitrogens with two attached hydrogens (primary N) is 1. The summed E-state index contributed by atoms with van der Waals surface area (Å²) < 4.78 is 0. The van der Waals surface area contributed by atoms with E-state index in [1.165, 1.54) is 41.6 Å². The lowest BCUT2D eigenvalue weighted by Gasteiger charge is -2.18. The second kappa shape index (κ2) is 5.58. The maximum absolute atomic E-state index is 5.86. The Morgan fingerprint density at radius 1 is 1.00 bits per heavy atom. The Kier molecular flexibility index (Phi) is 3.64. The Bertz CT molecular complexity index is 587. The highest BCUT2D eigenvalue weighted by molar-refractivity contribution is 5.55. The lowest BCUT2D eigenvalue weighted by Crippen LogP contribution is -2.14. The van der Waals surface area contributed by atoms with Gasteiger partial charge in [0.15, 0.2) is 0 Å². The molecule has 0 amide bonds. The summed E-state index contributed by atoms with van der Waals surface area (Å²) >= 11 is 0. The molecule has 0 bridgehead atoms. The van der Waals surface area contributed by atoms with Crippen LogP contribution in [0.1, 0.15) is 36.5 Å². The van der Waals surface area contributed by atoms with Crippen LogP contribution in [0.5, 0.6) is 0 Å². The van der Waals surface area contributed by atoms with Gasteiger partial charge in [-0.2, -0.15) is 0 Å². The first-order chi connectivity index (χ1) is 9.76. The molecule has 0 aromatic heterocycles. The highest BCUT2D eigenvalue weighted by Gasteiger charge is 2.18. The van der Waals surface area contributed by atoms with Crippen LogP contribution >= 0.6 is 0 Å². The summed E-state index contributed by atoms with van der Waals surface area (Å²) in [7, 11) is 0. The monoisotopic (exact) mass is 266 g/mol. The molecule has 3 rings (SSSR count). The van der Waals surface area contributed by atoms with Crippen LogP contribution in [0.2, 0.25) is 0 Å². The fourth-order valence-electron chi connectivity index (χ4n) is 2.85. The van der Waals surface area contributed by atoms with Crippen LogP contribution in [0.15, 0.2) is 42.5 Å². The molecule has 104 valence electrons. The van der Waals surface area contributed by atoms with Crippen LogP contribution in [0, 0.1) is 0 Å². The predicted molar refractivity (Wildman–Crippen MR) is 85.8 cm³/mol. The number of hydrogen-bond donors (Lipinski definition) is 1. The highest BCUT2D eigenvalue weighted by atomic mass is 15.1. The van der Waals surface area contributed by atoms with E-state index in [-0.39, 0.29) is 0 Å². The van der Waals surface area contributed by atoms with Crippen LogP contribution in [-0.4, -0.2) is 0 Å². The zero-order valence-corrected chi connectivity index (χ0v) is 12.1. The van der Waals surface area contributed by atoms with Gasteiger partial charge in [-0.25, -0.2) is 0 Å². The van der Waals surface area contributed by atoms with Gasteiger partial charge in [0, 0.05) is 24.5 Å². The Morgan fingerprint density at radius 2 is 1.75 bits per heavy atom. The zero-order chi connectivity index (χ0) is 13.9. The number of aryl methyl sites for hydroxylation is 1. The molecule has 0 radical (unpaired) electrons. The topological polar surface area (TPSA) is 29.3 Å². The molecule has 1 aliphatic rings. The van der Waals surface area contributed by atoms with Crippen molar-refractivity contribution in [2.24, 2.45) is 0 Å².